The monoisotopic (exact) mass is 377 g/mol. The summed E-state index contributed by atoms with van der Waals surface area (Å²) in [5.41, 5.74) is 1.75. The smallest absolute Gasteiger partial charge is 0.331 e. The molecule has 0 saturated carbocycles. The molecule has 0 radical (unpaired) electrons. The lowest BCUT2D eigenvalue weighted by molar-refractivity contribution is -0.490. The first-order valence-corrected chi connectivity index (χ1v) is 9.25. The lowest BCUT2D eigenvalue weighted by Gasteiger charge is -2.19. The molecule has 2 aromatic rings. The summed E-state index contributed by atoms with van der Waals surface area (Å²) >= 11 is 0. The number of imide groups is 1. The number of allylic oxidation sites excluding steroid dienone is 1. The Morgan fingerprint density at radius 3 is 2.43 bits per heavy atom. The Morgan fingerprint density at radius 2 is 1.75 bits per heavy atom. The van der Waals surface area contributed by atoms with Gasteiger partial charge in [0.2, 0.25) is 5.91 Å². The summed E-state index contributed by atoms with van der Waals surface area (Å²) < 4.78 is 0.743. The average molecular weight is 377 g/mol. The zero-order chi connectivity index (χ0) is 19.9. The predicted octanol–water partition coefficient (Wildman–Crippen LogP) is 3.53. The van der Waals surface area contributed by atoms with Gasteiger partial charge in [-0.3, -0.25) is 14.6 Å². The highest BCUT2D eigenvalue weighted by Gasteiger charge is 2.35. The van der Waals surface area contributed by atoms with Crippen LogP contribution in [0.15, 0.2) is 66.7 Å². The molecule has 1 unspecified atom stereocenters. The van der Waals surface area contributed by atoms with E-state index in [0.717, 1.165) is 16.0 Å². The Labute approximate surface area is 164 Å². The van der Waals surface area contributed by atoms with Crippen LogP contribution in [0.2, 0.25) is 0 Å². The zero-order valence-corrected chi connectivity index (χ0v) is 15.8. The summed E-state index contributed by atoms with van der Waals surface area (Å²) in [6, 6.07) is 18.0. The van der Waals surface area contributed by atoms with Crippen LogP contribution in [0.3, 0.4) is 0 Å². The Bertz CT molecular complexity index is 878. The molecule has 1 aliphatic rings. The maximum absolute atomic E-state index is 12.5. The fourth-order valence-electron chi connectivity index (χ4n) is 3.02. The third-order valence-corrected chi connectivity index (χ3v) is 4.60. The molecule has 0 N–H and O–H groups in total. The molecule has 1 atom stereocenters. The van der Waals surface area contributed by atoms with Crippen molar-refractivity contribution >= 4 is 29.9 Å². The number of amides is 3. The van der Waals surface area contributed by atoms with E-state index in [1.807, 2.05) is 66.7 Å². The van der Waals surface area contributed by atoms with Gasteiger partial charge in [0.05, 0.1) is 6.42 Å². The van der Waals surface area contributed by atoms with Gasteiger partial charge in [0, 0.05) is 24.9 Å². The number of nitrogens with zero attached hydrogens (tertiary/aromatic N) is 3. The minimum absolute atomic E-state index is 0.0203. The highest BCUT2D eigenvalue weighted by Crippen LogP contribution is 2.20. The van der Waals surface area contributed by atoms with Gasteiger partial charge in [0.25, 0.3) is 0 Å². The molecule has 1 saturated heterocycles. The van der Waals surface area contributed by atoms with Gasteiger partial charge in [0.15, 0.2) is 12.3 Å². The predicted molar refractivity (Wildman–Crippen MR) is 110 cm³/mol. The molecule has 0 spiro atoms. The van der Waals surface area contributed by atoms with E-state index in [0.29, 0.717) is 13.1 Å². The Kier molecular flexibility index (Phi) is 6.22. The van der Waals surface area contributed by atoms with Crippen molar-refractivity contribution in [3.8, 4) is 0 Å². The number of hydrogen-bond acceptors (Lipinski definition) is 3. The first-order valence-electron chi connectivity index (χ1n) is 9.25. The van der Waals surface area contributed by atoms with E-state index in [9.17, 15) is 14.8 Å². The molecule has 1 heterocycles. The Balaban J connectivity index is 1.57. The number of carbonyl (C=O) groups is 2. The minimum atomic E-state index is -0.563. The number of benzene rings is 2. The van der Waals surface area contributed by atoms with Crippen molar-refractivity contribution in [3.05, 3.63) is 77.5 Å². The number of para-hydroxylation sites is 1. The number of anilines is 1. The number of rotatable bonds is 6. The second kappa shape index (κ2) is 8.99. The van der Waals surface area contributed by atoms with Crippen LogP contribution in [0.4, 0.5) is 10.5 Å². The number of carbonyl (C=O) groups excluding carboxylic acids is 2. The quantitative estimate of drug-likeness (QED) is 0.335. The first kappa shape index (κ1) is 19.4. The van der Waals surface area contributed by atoms with Crippen LogP contribution in [-0.4, -0.2) is 46.9 Å². The first-order chi connectivity index (χ1) is 13.6. The molecule has 6 nitrogen and oxygen atoms in total. The van der Waals surface area contributed by atoms with E-state index >= 15 is 0 Å². The van der Waals surface area contributed by atoms with Gasteiger partial charge in [-0.15, -0.1) is 0 Å². The molecule has 3 amide bonds. The summed E-state index contributed by atoms with van der Waals surface area (Å²) in [5, 5.41) is 12.2. The second-order valence-corrected chi connectivity index (χ2v) is 6.65. The molecule has 2 aromatic carbocycles. The van der Waals surface area contributed by atoms with E-state index in [2.05, 4.69) is 0 Å². The average Bonchev–Trinajstić information content (AvgIpc) is 3.10. The Morgan fingerprint density at radius 1 is 1.11 bits per heavy atom. The van der Waals surface area contributed by atoms with E-state index in [1.54, 1.807) is 17.9 Å². The van der Waals surface area contributed by atoms with E-state index in [1.165, 1.54) is 11.1 Å². The van der Waals surface area contributed by atoms with Gasteiger partial charge in [-0.2, -0.15) is 0 Å². The molecule has 144 valence electrons. The normalized spacial score (nSPS) is 16.0. The summed E-state index contributed by atoms with van der Waals surface area (Å²) in [5.74, 6) is -0.336. The van der Waals surface area contributed by atoms with E-state index in [4.69, 9.17) is 0 Å². The van der Waals surface area contributed by atoms with E-state index in [-0.39, 0.29) is 18.4 Å². The van der Waals surface area contributed by atoms with Crippen LogP contribution < -0.4 is 4.90 Å². The van der Waals surface area contributed by atoms with Gasteiger partial charge in [-0.1, -0.05) is 48.5 Å². The topological polar surface area (TPSA) is 66.7 Å². The van der Waals surface area contributed by atoms with E-state index < -0.39 is 6.04 Å². The molecule has 6 heteroatoms. The molecule has 3 rings (SSSR count). The molecule has 1 fully saturated rings. The molecule has 0 bridgehead atoms. The summed E-state index contributed by atoms with van der Waals surface area (Å²) in [6.45, 7) is 2.46. The van der Waals surface area contributed by atoms with Crippen molar-refractivity contribution in [3.63, 3.8) is 0 Å². The van der Waals surface area contributed by atoms with Crippen molar-refractivity contribution in [1.29, 1.82) is 0 Å². The van der Waals surface area contributed by atoms with Crippen LogP contribution >= 0.6 is 0 Å². The largest absolute Gasteiger partial charge is 0.624 e. The van der Waals surface area contributed by atoms with Crippen LogP contribution in [0, 0.1) is 5.21 Å². The molecule has 0 aliphatic carbocycles. The van der Waals surface area contributed by atoms with Gasteiger partial charge in [-0.05, 0) is 30.7 Å². The van der Waals surface area contributed by atoms with Crippen molar-refractivity contribution in [2.45, 2.75) is 19.4 Å². The highest BCUT2D eigenvalue weighted by molar-refractivity contribution is 6.04. The fourth-order valence-corrected chi connectivity index (χ4v) is 3.02. The maximum atomic E-state index is 12.5. The molecule has 1 aliphatic heterocycles. The summed E-state index contributed by atoms with van der Waals surface area (Å²) in [7, 11) is 0. The summed E-state index contributed by atoms with van der Waals surface area (Å²) in [4.78, 5) is 27.9. The SMILES string of the molecule is CC(CC(=O)N1CCN(c2ccccc2)C1=O)/[N+]([O-])=C/C=C/c1ccccc1. The van der Waals surface area contributed by atoms with Crippen LogP contribution in [-0.2, 0) is 4.79 Å². The second-order valence-electron chi connectivity index (χ2n) is 6.65. The van der Waals surface area contributed by atoms with Gasteiger partial charge < -0.3 is 5.21 Å². The van der Waals surface area contributed by atoms with Crippen molar-refractivity contribution in [2.24, 2.45) is 0 Å². The third kappa shape index (κ3) is 4.65. The van der Waals surface area contributed by atoms with Crippen LogP contribution in [0.1, 0.15) is 18.9 Å². The van der Waals surface area contributed by atoms with Crippen molar-refractivity contribution in [1.82, 2.24) is 4.90 Å². The number of urea groups is 1. The molecule has 28 heavy (non-hydrogen) atoms. The lowest BCUT2D eigenvalue weighted by atomic mass is 10.2. The van der Waals surface area contributed by atoms with Crippen LogP contribution in [0.25, 0.3) is 6.08 Å². The summed E-state index contributed by atoms with van der Waals surface area (Å²) in [6.07, 6.45) is 4.85. The van der Waals surface area contributed by atoms with Crippen molar-refractivity contribution in [2.75, 3.05) is 18.0 Å². The maximum Gasteiger partial charge on any atom is 0.331 e. The number of hydroxylamine groups is 1. The van der Waals surface area contributed by atoms with Gasteiger partial charge in [-0.25, -0.2) is 9.53 Å². The standard InChI is InChI=1S/C22H23N3O3/c1-18(25(28)14-8-11-19-9-4-2-5-10-19)17-21(26)24-16-15-23(22(24)27)20-12-6-3-7-13-20/h2-14,18H,15-17H2,1H3/b11-8+,25-14-. The van der Waals surface area contributed by atoms with Crippen LogP contribution in [0.5, 0.6) is 0 Å². The highest BCUT2D eigenvalue weighted by atomic mass is 16.5. The zero-order valence-electron chi connectivity index (χ0n) is 15.8. The fraction of sp³-hybridized carbons (Fsp3) is 0.227. The van der Waals surface area contributed by atoms with Crippen molar-refractivity contribution < 1.29 is 14.3 Å². The third-order valence-electron chi connectivity index (χ3n) is 4.60. The lowest BCUT2D eigenvalue weighted by Crippen LogP contribution is -2.38. The molecular formula is C22H23N3O3. The Hall–Kier alpha value is -3.41. The van der Waals surface area contributed by atoms with Gasteiger partial charge >= 0.3 is 6.03 Å². The number of hydrogen-bond donors (Lipinski definition) is 0. The minimum Gasteiger partial charge on any atom is -0.624 e. The van der Waals surface area contributed by atoms with Gasteiger partial charge in [0.1, 0.15) is 0 Å². The molecule has 0 aromatic heterocycles. The molecular weight excluding hydrogens is 354 g/mol.